The molecule has 1 N–H and O–H groups in total. The molecule has 1 aromatic rings. The Morgan fingerprint density at radius 3 is 2.68 bits per heavy atom. The monoisotopic (exact) mass is 281 g/mol. The van der Waals surface area contributed by atoms with Crippen LogP contribution in [0.2, 0.25) is 0 Å². The van der Waals surface area contributed by atoms with Gasteiger partial charge in [-0.2, -0.15) is 0 Å². The summed E-state index contributed by atoms with van der Waals surface area (Å²) in [5, 5.41) is 3.38. The maximum absolute atomic E-state index is 12.2. The molecule has 2 aliphatic rings. The molecule has 1 unspecified atom stereocenters. The first-order valence-corrected chi connectivity index (χ1v) is 8.23. The molecule has 0 radical (unpaired) electrons. The van der Waals surface area contributed by atoms with Crippen molar-refractivity contribution in [3.8, 4) is 0 Å². The Balaban J connectivity index is 2.15. The van der Waals surface area contributed by atoms with E-state index in [-0.39, 0.29) is 11.4 Å². The van der Waals surface area contributed by atoms with Crippen molar-refractivity contribution in [2.45, 2.75) is 36.4 Å². The van der Waals surface area contributed by atoms with E-state index in [1.165, 1.54) is 0 Å². The van der Waals surface area contributed by atoms with Crippen molar-refractivity contribution < 1.29 is 13.2 Å². The number of morpholine rings is 1. The minimum absolute atomic E-state index is 0.155. The molecule has 0 saturated carbocycles. The Hall–Kier alpha value is -0.910. The number of ether oxygens (including phenoxy) is 1. The number of fused-ring (bicyclic) bond motifs is 2. The van der Waals surface area contributed by atoms with E-state index in [1.807, 2.05) is 26.0 Å². The summed E-state index contributed by atoms with van der Waals surface area (Å²) in [4.78, 5) is 0.431. The van der Waals surface area contributed by atoms with Crippen molar-refractivity contribution >= 4 is 9.84 Å². The summed E-state index contributed by atoms with van der Waals surface area (Å²) in [5.41, 5.74) is 0.0115. The molecule has 0 aliphatic carbocycles. The van der Waals surface area contributed by atoms with E-state index in [4.69, 9.17) is 4.74 Å². The smallest absolute Gasteiger partial charge is 0.178 e. The van der Waals surface area contributed by atoms with E-state index in [2.05, 4.69) is 5.32 Å². The molecule has 0 amide bonds. The molecule has 1 spiro atoms. The van der Waals surface area contributed by atoms with Crippen LogP contribution in [0.3, 0.4) is 0 Å². The molecule has 2 heterocycles. The van der Waals surface area contributed by atoms with Crippen molar-refractivity contribution in [2.24, 2.45) is 0 Å². The quantitative estimate of drug-likeness (QED) is 0.782. The molecule has 4 nitrogen and oxygen atoms in total. The fraction of sp³-hybridized carbons (Fsp3) is 0.571. The highest BCUT2D eigenvalue weighted by Gasteiger charge is 2.47. The van der Waals surface area contributed by atoms with Crippen molar-refractivity contribution in [2.75, 3.05) is 18.8 Å². The Kier molecular flexibility index (Phi) is 2.78. The fourth-order valence-corrected chi connectivity index (χ4v) is 4.81. The third-order valence-corrected chi connectivity index (χ3v) is 5.69. The lowest BCUT2D eigenvalue weighted by atomic mass is 9.87. The number of hydrogen-bond acceptors (Lipinski definition) is 4. The highest BCUT2D eigenvalue weighted by Crippen LogP contribution is 2.43. The van der Waals surface area contributed by atoms with Crippen LogP contribution in [0.5, 0.6) is 0 Å². The van der Waals surface area contributed by atoms with Gasteiger partial charge in [0.2, 0.25) is 0 Å². The molecule has 19 heavy (non-hydrogen) atoms. The maximum Gasteiger partial charge on any atom is 0.178 e. The van der Waals surface area contributed by atoms with Crippen molar-refractivity contribution in [3.05, 3.63) is 29.8 Å². The molecule has 3 rings (SSSR count). The van der Waals surface area contributed by atoms with E-state index >= 15 is 0 Å². The standard InChI is InChI=1S/C14H19NO3S/c1-13(2)9-15-10-14(18-13)7-8-19(16,17)12-6-4-3-5-11(12)14/h3-6,15H,7-10H2,1-2H3. The van der Waals surface area contributed by atoms with E-state index in [0.29, 0.717) is 17.9 Å². The van der Waals surface area contributed by atoms with Crippen LogP contribution in [0.4, 0.5) is 0 Å². The van der Waals surface area contributed by atoms with Crippen molar-refractivity contribution in [3.63, 3.8) is 0 Å². The van der Waals surface area contributed by atoms with Crippen molar-refractivity contribution in [1.29, 1.82) is 0 Å². The van der Waals surface area contributed by atoms with Gasteiger partial charge >= 0.3 is 0 Å². The molecule has 5 heteroatoms. The van der Waals surface area contributed by atoms with Gasteiger partial charge in [-0.05, 0) is 26.3 Å². The third-order valence-electron chi connectivity index (χ3n) is 3.92. The molecule has 1 atom stereocenters. The zero-order valence-corrected chi connectivity index (χ0v) is 12.1. The summed E-state index contributed by atoms with van der Waals surface area (Å²) < 4.78 is 30.7. The summed E-state index contributed by atoms with van der Waals surface area (Å²) in [6.07, 6.45) is 0.517. The Labute approximate surface area is 114 Å². The molecule has 1 aromatic carbocycles. The van der Waals surface area contributed by atoms with Crippen LogP contribution in [0.25, 0.3) is 0 Å². The summed E-state index contributed by atoms with van der Waals surface area (Å²) >= 11 is 0. The summed E-state index contributed by atoms with van der Waals surface area (Å²) in [7, 11) is -3.16. The van der Waals surface area contributed by atoms with Crippen LogP contribution in [0, 0.1) is 0 Å². The number of nitrogens with one attached hydrogen (secondary N) is 1. The zero-order valence-electron chi connectivity index (χ0n) is 11.3. The zero-order chi connectivity index (χ0) is 13.7. The van der Waals surface area contributed by atoms with Crippen molar-refractivity contribution in [1.82, 2.24) is 5.32 Å². The SMILES string of the molecule is CC1(C)CNCC2(CCS(=O)(=O)c3ccccc32)O1. The molecule has 2 aliphatic heterocycles. The predicted molar refractivity (Wildman–Crippen MR) is 72.8 cm³/mol. The molecular formula is C14H19NO3S. The van der Waals surface area contributed by atoms with Gasteiger partial charge in [0.15, 0.2) is 9.84 Å². The fourth-order valence-electron chi connectivity index (χ4n) is 3.11. The Morgan fingerprint density at radius 1 is 1.21 bits per heavy atom. The molecular weight excluding hydrogens is 262 g/mol. The van der Waals surface area contributed by atoms with Crippen LogP contribution in [0.15, 0.2) is 29.2 Å². The Bertz CT molecular complexity index is 609. The molecule has 104 valence electrons. The molecule has 0 aromatic heterocycles. The van der Waals surface area contributed by atoms with Gasteiger partial charge in [0.1, 0.15) is 5.60 Å². The largest absolute Gasteiger partial charge is 0.362 e. The second-order valence-electron chi connectivity index (χ2n) is 6.02. The summed E-state index contributed by atoms with van der Waals surface area (Å²) in [6.45, 7) is 5.52. The van der Waals surface area contributed by atoms with Crippen LogP contribution < -0.4 is 5.32 Å². The highest BCUT2D eigenvalue weighted by atomic mass is 32.2. The minimum atomic E-state index is -3.16. The van der Waals surface area contributed by atoms with Gasteiger partial charge in [-0.3, -0.25) is 0 Å². The van der Waals surface area contributed by atoms with Gasteiger partial charge in [-0.1, -0.05) is 18.2 Å². The van der Waals surface area contributed by atoms with Crippen LogP contribution in [0.1, 0.15) is 25.8 Å². The minimum Gasteiger partial charge on any atom is -0.362 e. The van der Waals surface area contributed by atoms with E-state index in [9.17, 15) is 8.42 Å². The lowest BCUT2D eigenvalue weighted by Gasteiger charge is -2.48. The lowest BCUT2D eigenvalue weighted by molar-refractivity contribution is -0.171. The first-order chi connectivity index (χ1) is 8.85. The molecule has 0 bridgehead atoms. The van der Waals surface area contributed by atoms with Gasteiger partial charge < -0.3 is 10.1 Å². The average molecular weight is 281 g/mol. The molecule has 1 saturated heterocycles. The third kappa shape index (κ3) is 2.10. The lowest BCUT2D eigenvalue weighted by Crippen LogP contribution is -2.58. The first-order valence-electron chi connectivity index (χ1n) is 6.58. The average Bonchev–Trinajstić information content (AvgIpc) is 2.34. The van der Waals surface area contributed by atoms with E-state index < -0.39 is 15.4 Å². The highest BCUT2D eigenvalue weighted by molar-refractivity contribution is 7.91. The van der Waals surface area contributed by atoms with Gasteiger partial charge in [0.05, 0.1) is 16.2 Å². The predicted octanol–water partition coefficient (Wildman–Crippen LogP) is 1.46. The van der Waals surface area contributed by atoms with Gasteiger partial charge in [-0.15, -0.1) is 0 Å². The van der Waals surface area contributed by atoms with Gasteiger partial charge in [0, 0.05) is 18.7 Å². The second-order valence-corrected chi connectivity index (χ2v) is 8.10. The topological polar surface area (TPSA) is 55.4 Å². The van der Waals surface area contributed by atoms with Crippen LogP contribution in [-0.4, -0.2) is 32.9 Å². The van der Waals surface area contributed by atoms with E-state index in [0.717, 1.165) is 12.1 Å². The van der Waals surface area contributed by atoms with E-state index in [1.54, 1.807) is 12.1 Å². The van der Waals surface area contributed by atoms with Crippen LogP contribution in [-0.2, 0) is 20.2 Å². The Morgan fingerprint density at radius 2 is 1.95 bits per heavy atom. The number of benzene rings is 1. The maximum atomic E-state index is 12.2. The number of rotatable bonds is 0. The normalized spacial score (nSPS) is 31.9. The second kappa shape index (κ2) is 4.04. The first kappa shape index (κ1) is 13.1. The number of sulfone groups is 1. The van der Waals surface area contributed by atoms with Gasteiger partial charge in [0.25, 0.3) is 0 Å². The summed E-state index contributed by atoms with van der Waals surface area (Å²) in [5.74, 6) is 0.155. The van der Waals surface area contributed by atoms with Crippen LogP contribution >= 0.6 is 0 Å². The van der Waals surface area contributed by atoms with Gasteiger partial charge in [-0.25, -0.2) is 8.42 Å². The molecule has 1 fully saturated rings. The number of hydrogen-bond donors (Lipinski definition) is 1. The summed E-state index contributed by atoms with van der Waals surface area (Å²) in [6, 6.07) is 7.23.